The molecular formula is C19H27N5OS. The average molecular weight is 374 g/mol. The number of amides is 1. The Balaban J connectivity index is 1.33. The number of aromatic nitrogens is 3. The summed E-state index contributed by atoms with van der Waals surface area (Å²) in [7, 11) is 0. The number of thiophene rings is 1. The fourth-order valence-electron chi connectivity index (χ4n) is 4.05. The van der Waals surface area contributed by atoms with Crippen LogP contribution < -0.4 is 0 Å². The molecule has 2 aromatic rings. The van der Waals surface area contributed by atoms with Crippen molar-refractivity contribution in [3.63, 3.8) is 0 Å². The van der Waals surface area contributed by atoms with Gasteiger partial charge in [-0.1, -0.05) is 5.21 Å². The molecule has 7 heteroatoms. The van der Waals surface area contributed by atoms with Crippen molar-refractivity contribution in [3.05, 3.63) is 33.8 Å². The Labute approximate surface area is 158 Å². The number of nitrogens with zero attached hydrogens (tertiary/aromatic N) is 5. The minimum atomic E-state index is 0.0344. The number of aryl methyl sites for hydroxylation is 1. The minimum Gasteiger partial charge on any atom is -0.337 e. The van der Waals surface area contributed by atoms with Gasteiger partial charge in [0, 0.05) is 37.6 Å². The van der Waals surface area contributed by atoms with Crippen molar-refractivity contribution >= 4 is 17.2 Å². The third-order valence-electron chi connectivity index (χ3n) is 5.53. The Morgan fingerprint density at radius 3 is 2.88 bits per heavy atom. The lowest BCUT2D eigenvalue weighted by Crippen LogP contribution is -2.36. The normalized spacial score (nSPS) is 21.4. The van der Waals surface area contributed by atoms with Crippen LogP contribution in [0.1, 0.15) is 46.6 Å². The molecule has 1 unspecified atom stereocenters. The number of likely N-dealkylation sites (tertiary alicyclic amines) is 2. The summed E-state index contributed by atoms with van der Waals surface area (Å²) in [6, 6.07) is 2.20. The van der Waals surface area contributed by atoms with E-state index in [0.29, 0.717) is 11.6 Å². The first-order valence-corrected chi connectivity index (χ1v) is 10.5. The van der Waals surface area contributed by atoms with Gasteiger partial charge in [0.15, 0.2) is 5.69 Å². The van der Waals surface area contributed by atoms with E-state index < -0.39 is 0 Å². The topological polar surface area (TPSA) is 54.3 Å². The van der Waals surface area contributed by atoms with Crippen molar-refractivity contribution in [2.75, 3.05) is 26.2 Å². The van der Waals surface area contributed by atoms with Gasteiger partial charge in [-0.15, -0.1) is 16.4 Å². The summed E-state index contributed by atoms with van der Waals surface area (Å²) in [6.45, 7) is 8.06. The second kappa shape index (κ2) is 7.88. The maximum atomic E-state index is 12.4. The van der Waals surface area contributed by atoms with Crippen molar-refractivity contribution in [2.45, 2.75) is 45.7 Å². The number of hydrogen-bond acceptors (Lipinski definition) is 5. The van der Waals surface area contributed by atoms with Gasteiger partial charge in [-0.3, -0.25) is 14.4 Å². The first-order chi connectivity index (χ1) is 12.7. The van der Waals surface area contributed by atoms with E-state index in [1.807, 2.05) is 27.1 Å². The molecule has 4 heterocycles. The highest BCUT2D eigenvalue weighted by molar-refractivity contribution is 7.10. The van der Waals surface area contributed by atoms with Gasteiger partial charge >= 0.3 is 0 Å². The van der Waals surface area contributed by atoms with Gasteiger partial charge in [0.2, 0.25) is 0 Å². The minimum absolute atomic E-state index is 0.0344. The van der Waals surface area contributed by atoms with Crippen LogP contribution in [0.4, 0.5) is 0 Å². The Kier molecular flexibility index (Phi) is 5.36. The van der Waals surface area contributed by atoms with Gasteiger partial charge < -0.3 is 4.90 Å². The van der Waals surface area contributed by atoms with Gasteiger partial charge in [-0.05, 0) is 62.1 Å². The zero-order chi connectivity index (χ0) is 17.9. The Morgan fingerprint density at radius 1 is 1.27 bits per heavy atom. The summed E-state index contributed by atoms with van der Waals surface area (Å²) in [5.41, 5.74) is 1.90. The van der Waals surface area contributed by atoms with Crippen molar-refractivity contribution in [2.24, 2.45) is 5.92 Å². The molecule has 0 aliphatic carbocycles. The van der Waals surface area contributed by atoms with Gasteiger partial charge in [0.1, 0.15) is 0 Å². The zero-order valence-electron chi connectivity index (χ0n) is 15.4. The molecule has 2 aliphatic rings. The molecule has 0 spiro atoms. The number of rotatable bonds is 5. The zero-order valence-corrected chi connectivity index (χ0v) is 16.2. The fraction of sp³-hybridized carbons (Fsp3) is 0.632. The predicted molar refractivity (Wildman–Crippen MR) is 102 cm³/mol. The highest BCUT2D eigenvalue weighted by Gasteiger charge is 2.24. The third kappa shape index (κ3) is 3.99. The Hall–Kier alpha value is -1.73. The molecule has 2 aromatic heterocycles. The van der Waals surface area contributed by atoms with Crippen LogP contribution in [0.2, 0.25) is 0 Å². The quantitative estimate of drug-likeness (QED) is 0.809. The van der Waals surface area contributed by atoms with Crippen molar-refractivity contribution in [3.8, 4) is 0 Å². The lowest BCUT2D eigenvalue weighted by molar-refractivity contribution is 0.0787. The van der Waals surface area contributed by atoms with Gasteiger partial charge in [0.25, 0.3) is 5.91 Å². The maximum absolute atomic E-state index is 12.4. The van der Waals surface area contributed by atoms with E-state index in [1.165, 1.54) is 29.8 Å². The van der Waals surface area contributed by atoms with E-state index in [0.717, 1.165) is 45.6 Å². The molecule has 140 valence electrons. The predicted octanol–water partition coefficient (Wildman–Crippen LogP) is 2.80. The molecule has 6 nitrogen and oxygen atoms in total. The summed E-state index contributed by atoms with van der Waals surface area (Å²) < 4.78 is 1.87. The van der Waals surface area contributed by atoms with E-state index in [1.54, 1.807) is 0 Å². The van der Waals surface area contributed by atoms with Crippen LogP contribution in [0.5, 0.6) is 0 Å². The molecule has 1 atom stereocenters. The largest absolute Gasteiger partial charge is 0.337 e. The van der Waals surface area contributed by atoms with E-state index >= 15 is 0 Å². The molecule has 0 radical (unpaired) electrons. The lowest BCUT2D eigenvalue weighted by Gasteiger charge is -2.32. The summed E-state index contributed by atoms with van der Waals surface area (Å²) in [6.07, 6.45) is 6.48. The second-order valence-electron chi connectivity index (χ2n) is 7.60. The highest BCUT2D eigenvalue weighted by atomic mass is 32.1. The van der Waals surface area contributed by atoms with Crippen LogP contribution in [-0.2, 0) is 13.1 Å². The molecule has 2 saturated heterocycles. The van der Waals surface area contributed by atoms with Crippen LogP contribution in [-0.4, -0.2) is 56.9 Å². The van der Waals surface area contributed by atoms with Crippen molar-refractivity contribution < 1.29 is 4.79 Å². The van der Waals surface area contributed by atoms with Crippen LogP contribution in [0.3, 0.4) is 0 Å². The van der Waals surface area contributed by atoms with Crippen molar-refractivity contribution in [1.82, 2.24) is 24.8 Å². The summed E-state index contributed by atoms with van der Waals surface area (Å²) in [5, 5.41) is 10.5. The Bertz CT molecular complexity index is 749. The van der Waals surface area contributed by atoms with Crippen LogP contribution in [0, 0.1) is 12.8 Å². The molecule has 0 N–H and O–H groups in total. The van der Waals surface area contributed by atoms with Crippen molar-refractivity contribution in [1.29, 1.82) is 0 Å². The smallest absolute Gasteiger partial charge is 0.276 e. The first kappa shape index (κ1) is 17.7. The monoisotopic (exact) mass is 373 g/mol. The summed E-state index contributed by atoms with van der Waals surface area (Å²) in [5.74, 6) is 0.604. The van der Waals surface area contributed by atoms with E-state index in [-0.39, 0.29) is 5.91 Å². The maximum Gasteiger partial charge on any atom is 0.276 e. The Morgan fingerprint density at radius 2 is 2.12 bits per heavy atom. The molecule has 0 bridgehead atoms. The van der Waals surface area contributed by atoms with Crippen LogP contribution >= 0.6 is 11.3 Å². The molecule has 26 heavy (non-hydrogen) atoms. The van der Waals surface area contributed by atoms with Gasteiger partial charge in [0.05, 0.1) is 6.20 Å². The number of carbonyl (C=O) groups excluding carboxylic acids is 1. The fourth-order valence-corrected chi connectivity index (χ4v) is 4.99. The third-order valence-corrected chi connectivity index (χ3v) is 6.54. The van der Waals surface area contributed by atoms with Crippen LogP contribution in [0.25, 0.3) is 0 Å². The lowest BCUT2D eigenvalue weighted by atomic mass is 9.98. The molecule has 4 rings (SSSR count). The molecule has 0 aromatic carbocycles. The van der Waals surface area contributed by atoms with E-state index in [9.17, 15) is 4.79 Å². The molecule has 2 aliphatic heterocycles. The van der Waals surface area contributed by atoms with Crippen LogP contribution in [0.15, 0.2) is 17.6 Å². The number of piperidine rings is 1. The molecular weight excluding hydrogens is 346 g/mol. The second-order valence-corrected chi connectivity index (χ2v) is 8.60. The highest BCUT2D eigenvalue weighted by Crippen LogP contribution is 2.23. The number of hydrogen-bond donors (Lipinski definition) is 0. The van der Waals surface area contributed by atoms with E-state index in [2.05, 4.69) is 33.6 Å². The SMILES string of the molecule is Cc1ccsc1CN1CCCC(Cn2cc(C(=O)N3CCCC3)nn2)C1. The standard InChI is InChI=1S/C19H27N5OS/c1-15-6-10-26-18(15)14-22-7-4-5-16(11-22)12-24-13-17(20-21-24)19(25)23-8-2-3-9-23/h6,10,13,16H,2-5,7-9,11-12,14H2,1H3. The van der Waals surface area contributed by atoms with E-state index in [4.69, 9.17) is 0 Å². The summed E-state index contributed by atoms with van der Waals surface area (Å²) in [4.78, 5) is 18.3. The molecule has 2 fully saturated rings. The number of carbonyl (C=O) groups is 1. The summed E-state index contributed by atoms with van der Waals surface area (Å²) >= 11 is 1.86. The first-order valence-electron chi connectivity index (χ1n) is 9.64. The molecule has 0 saturated carbocycles. The average Bonchev–Trinajstić information content (AvgIpc) is 3.38. The molecule has 1 amide bonds. The van der Waals surface area contributed by atoms with Gasteiger partial charge in [-0.25, -0.2) is 0 Å². The van der Waals surface area contributed by atoms with Gasteiger partial charge in [-0.2, -0.15) is 0 Å².